The molecule has 150 valence electrons. The van der Waals surface area contributed by atoms with Gasteiger partial charge in [-0.3, -0.25) is 9.20 Å². The van der Waals surface area contributed by atoms with E-state index in [9.17, 15) is 9.18 Å². The highest BCUT2D eigenvalue weighted by molar-refractivity contribution is 5.88. The zero-order valence-electron chi connectivity index (χ0n) is 16.4. The Labute approximate surface area is 169 Å². The van der Waals surface area contributed by atoms with Crippen LogP contribution in [0.5, 0.6) is 0 Å². The zero-order chi connectivity index (χ0) is 19.8. The van der Waals surface area contributed by atoms with E-state index in [4.69, 9.17) is 0 Å². The minimum Gasteiger partial charge on any atom is -0.342 e. The molecule has 5 nitrogen and oxygen atoms in total. The molecule has 2 aromatic heterocycles. The van der Waals surface area contributed by atoms with Crippen molar-refractivity contribution in [2.75, 3.05) is 13.1 Å². The third kappa shape index (κ3) is 3.11. The van der Waals surface area contributed by atoms with Crippen LogP contribution in [0.1, 0.15) is 55.8 Å². The number of pyridine rings is 1. The molecule has 1 aromatic carbocycles. The molecule has 0 N–H and O–H groups in total. The molecule has 2 aliphatic rings. The van der Waals surface area contributed by atoms with Gasteiger partial charge in [-0.15, -0.1) is 10.2 Å². The van der Waals surface area contributed by atoms with Gasteiger partial charge in [-0.1, -0.05) is 31.0 Å². The van der Waals surface area contributed by atoms with E-state index in [-0.39, 0.29) is 11.7 Å². The first kappa shape index (κ1) is 18.3. The third-order valence-electron chi connectivity index (χ3n) is 6.75. The molecule has 0 unspecified atom stereocenters. The minimum atomic E-state index is -0.484. The third-order valence-corrected chi connectivity index (χ3v) is 6.75. The SMILES string of the molecule is O=C(N1CCC(c2nnc3ccccn23)CC1)C1(c2ccc(F)cc2)CCCC1. The summed E-state index contributed by atoms with van der Waals surface area (Å²) in [6.07, 6.45) is 7.58. The highest BCUT2D eigenvalue weighted by atomic mass is 19.1. The van der Waals surface area contributed by atoms with Gasteiger partial charge in [-0.05, 0) is 55.5 Å². The predicted molar refractivity (Wildman–Crippen MR) is 108 cm³/mol. The first-order chi connectivity index (χ1) is 14.2. The second kappa shape index (κ2) is 7.25. The molecule has 6 heteroatoms. The summed E-state index contributed by atoms with van der Waals surface area (Å²) in [4.78, 5) is 15.6. The van der Waals surface area contributed by atoms with Gasteiger partial charge >= 0.3 is 0 Å². The van der Waals surface area contributed by atoms with Gasteiger partial charge in [0.15, 0.2) is 5.65 Å². The molecular weight excluding hydrogens is 367 g/mol. The largest absolute Gasteiger partial charge is 0.342 e. The van der Waals surface area contributed by atoms with Crippen LogP contribution in [-0.2, 0) is 10.2 Å². The average molecular weight is 392 g/mol. The van der Waals surface area contributed by atoms with Crippen LogP contribution < -0.4 is 0 Å². The summed E-state index contributed by atoms with van der Waals surface area (Å²) in [7, 11) is 0. The molecule has 3 aromatic rings. The van der Waals surface area contributed by atoms with Crippen molar-refractivity contribution in [3.63, 3.8) is 0 Å². The van der Waals surface area contributed by atoms with Gasteiger partial charge in [0.05, 0.1) is 5.41 Å². The number of rotatable bonds is 3. The second-order valence-corrected chi connectivity index (χ2v) is 8.35. The number of hydrogen-bond acceptors (Lipinski definition) is 3. The number of benzene rings is 1. The van der Waals surface area contributed by atoms with Crippen LogP contribution in [0.4, 0.5) is 4.39 Å². The molecule has 1 saturated carbocycles. The van der Waals surface area contributed by atoms with Gasteiger partial charge in [0.25, 0.3) is 0 Å². The lowest BCUT2D eigenvalue weighted by Crippen LogP contribution is -2.48. The van der Waals surface area contributed by atoms with Gasteiger partial charge in [-0.2, -0.15) is 0 Å². The fraction of sp³-hybridized carbons (Fsp3) is 0.435. The van der Waals surface area contributed by atoms with E-state index in [1.54, 1.807) is 12.1 Å². The number of nitrogens with zero attached hydrogens (tertiary/aromatic N) is 4. The van der Waals surface area contributed by atoms with Crippen LogP contribution in [0.2, 0.25) is 0 Å². The second-order valence-electron chi connectivity index (χ2n) is 8.35. The first-order valence-corrected chi connectivity index (χ1v) is 10.5. The molecule has 29 heavy (non-hydrogen) atoms. The van der Waals surface area contributed by atoms with Crippen LogP contribution in [0.3, 0.4) is 0 Å². The number of fused-ring (bicyclic) bond motifs is 1. The van der Waals surface area contributed by atoms with Crippen LogP contribution >= 0.6 is 0 Å². The normalized spacial score (nSPS) is 19.7. The Morgan fingerprint density at radius 2 is 1.72 bits per heavy atom. The van der Waals surface area contributed by atoms with Crippen molar-refractivity contribution in [1.82, 2.24) is 19.5 Å². The van der Waals surface area contributed by atoms with Crippen molar-refractivity contribution in [3.05, 3.63) is 65.9 Å². The molecule has 1 aliphatic heterocycles. The fourth-order valence-corrected chi connectivity index (χ4v) is 5.16. The number of carbonyl (C=O) groups is 1. The lowest BCUT2D eigenvalue weighted by Gasteiger charge is -2.38. The molecule has 5 rings (SSSR count). The maximum atomic E-state index is 13.6. The van der Waals surface area contributed by atoms with Crippen LogP contribution in [0, 0.1) is 5.82 Å². The molecule has 3 heterocycles. The Hall–Kier alpha value is -2.76. The summed E-state index contributed by atoms with van der Waals surface area (Å²) in [6.45, 7) is 1.46. The van der Waals surface area contributed by atoms with Gasteiger partial charge < -0.3 is 4.90 Å². The Kier molecular flexibility index (Phi) is 4.57. The maximum Gasteiger partial charge on any atom is 0.233 e. The molecule has 1 saturated heterocycles. The first-order valence-electron chi connectivity index (χ1n) is 10.5. The van der Waals surface area contributed by atoms with E-state index in [1.807, 2.05) is 29.3 Å². The van der Waals surface area contributed by atoms with Crippen LogP contribution in [0.15, 0.2) is 48.7 Å². The predicted octanol–water partition coefficient (Wildman–Crippen LogP) is 4.09. The number of halogens is 1. The summed E-state index contributed by atoms with van der Waals surface area (Å²) >= 11 is 0. The topological polar surface area (TPSA) is 50.5 Å². The van der Waals surface area contributed by atoms with Crippen LogP contribution in [-0.4, -0.2) is 38.5 Å². The van der Waals surface area contributed by atoms with Crippen LogP contribution in [0.25, 0.3) is 5.65 Å². The number of likely N-dealkylation sites (tertiary alicyclic amines) is 1. The number of aromatic nitrogens is 3. The standard InChI is InChI=1S/C23H25FN4O/c24-19-8-6-18(7-9-19)23(12-2-3-13-23)22(29)27-15-10-17(11-16-27)21-26-25-20-5-1-4-14-28(20)21/h1,4-9,14,17H,2-3,10-13,15-16H2. The summed E-state index contributed by atoms with van der Waals surface area (Å²) in [5, 5.41) is 8.68. The lowest BCUT2D eigenvalue weighted by atomic mass is 9.77. The van der Waals surface area contributed by atoms with Crippen molar-refractivity contribution in [3.8, 4) is 0 Å². The number of carbonyl (C=O) groups excluding carboxylic acids is 1. The lowest BCUT2D eigenvalue weighted by molar-refractivity contribution is -0.138. The molecule has 2 fully saturated rings. The van der Waals surface area contributed by atoms with Gasteiger partial charge in [0, 0.05) is 25.2 Å². The number of piperidine rings is 1. The van der Waals surface area contributed by atoms with E-state index < -0.39 is 5.41 Å². The molecule has 1 amide bonds. The Morgan fingerprint density at radius 3 is 2.45 bits per heavy atom. The quantitative estimate of drug-likeness (QED) is 0.675. The highest BCUT2D eigenvalue weighted by Gasteiger charge is 2.45. The maximum absolute atomic E-state index is 13.6. The molecule has 0 atom stereocenters. The number of amides is 1. The van der Waals surface area contributed by atoms with Gasteiger partial charge in [0.2, 0.25) is 5.91 Å². The Balaban J connectivity index is 1.34. The van der Waals surface area contributed by atoms with Crippen molar-refractivity contribution in [1.29, 1.82) is 0 Å². The van der Waals surface area contributed by atoms with Gasteiger partial charge in [0.1, 0.15) is 11.6 Å². The van der Waals surface area contributed by atoms with E-state index in [0.29, 0.717) is 5.92 Å². The fourth-order valence-electron chi connectivity index (χ4n) is 5.16. The van der Waals surface area contributed by atoms with E-state index >= 15 is 0 Å². The summed E-state index contributed by atoms with van der Waals surface area (Å²) in [6, 6.07) is 12.5. The van der Waals surface area contributed by atoms with E-state index in [0.717, 1.165) is 68.6 Å². The molecule has 0 spiro atoms. The smallest absolute Gasteiger partial charge is 0.233 e. The van der Waals surface area contributed by atoms with Crippen molar-refractivity contribution in [2.24, 2.45) is 0 Å². The van der Waals surface area contributed by atoms with E-state index in [2.05, 4.69) is 14.6 Å². The summed E-state index contributed by atoms with van der Waals surface area (Å²) in [5.74, 6) is 1.26. The molecular formula is C23H25FN4O. The monoisotopic (exact) mass is 392 g/mol. The number of hydrogen-bond donors (Lipinski definition) is 0. The van der Waals surface area contributed by atoms with E-state index in [1.165, 1.54) is 12.1 Å². The van der Waals surface area contributed by atoms with Crippen molar-refractivity contribution < 1.29 is 9.18 Å². The zero-order valence-corrected chi connectivity index (χ0v) is 16.4. The molecule has 1 aliphatic carbocycles. The molecule has 0 bridgehead atoms. The van der Waals surface area contributed by atoms with Crippen molar-refractivity contribution in [2.45, 2.75) is 49.9 Å². The average Bonchev–Trinajstić information content (AvgIpc) is 3.42. The molecule has 0 radical (unpaired) electrons. The minimum absolute atomic E-state index is 0.214. The van der Waals surface area contributed by atoms with Crippen molar-refractivity contribution >= 4 is 11.6 Å². The van der Waals surface area contributed by atoms with Gasteiger partial charge in [-0.25, -0.2) is 4.39 Å². The highest BCUT2D eigenvalue weighted by Crippen LogP contribution is 2.43. The Bertz CT molecular complexity index is 1010. The Morgan fingerprint density at radius 1 is 1.00 bits per heavy atom. The summed E-state index contributed by atoms with van der Waals surface area (Å²) in [5.41, 5.74) is 1.34. The summed E-state index contributed by atoms with van der Waals surface area (Å²) < 4.78 is 15.5.